The van der Waals surface area contributed by atoms with Crippen molar-refractivity contribution < 1.29 is 14.3 Å². The molecule has 0 fully saturated rings. The van der Waals surface area contributed by atoms with E-state index in [9.17, 15) is 4.79 Å². The summed E-state index contributed by atoms with van der Waals surface area (Å²) in [5, 5.41) is 3.73. The lowest BCUT2D eigenvalue weighted by Crippen LogP contribution is -2.15. The first-order valence-corrected chi connectivity index (χ1v) is 8.17. The Kier molecular flexibility index (Phi) is 6.35. The predicted octanol–water partition coefficient (Wildman–Crippen LogP) is 5.14. The minimum Gasteiger partial charge on any atom is -0.497 e. The molecule has 0 radical (unpaired) electrons. The molecule has 0 heterocycles. The number of hydrogen-bond donors (Lipinski definition) is 1. The second-order valence-electron chi connectivity index (χ2n) is 5.39. The highest BCUT2D eigenvalue weighted by molar-refractivity contribution is 6.36. The molecule has 1 atom stereocenters. The molecule has 2 aromatic rings. The van der Waals surface area contributed by atoms with E-state index in [4.69, 9.17) is 32.7 Å². The highest BCUT2D eigenvalue weighted by Gasteiger charge is 2.17. The Bertz CT molecular complexity index is 734. The summed E-state index contributed by atoms with van der Waals surface area (Å²) < 4.78 is 10.6. The summed E-state index contributed by atoms with van der Waals surface area (Å²) in [7, 11) is 3.19. The van der Waals surface area contributed by atoms with E-state index >= 15 is 0 Å². The predicted molar refractivity (Wildman–Crippen MR) is 97.7 cm³/mol. The number of carbonyl (C=O) groups excluding carboxylic acids is 1. The summed E-state index contributed by atoms with van der Waals surface area (Å²) >= 11 is 11.9. The largest absolute Gasteiger partial charge is 0.497 e. The normalized spacial score (nSPS) is 11.7. The number of hydrogen-bond acceptors (Lipinski definition) is 3. The van der Waals surface area contributed by atoms with Crippen LogP contribution in [0.1, 0.15) is 24.8 Å². The Balaban J connectivity index is 2.08. The first-order chi connectivity index (χ1) is 11.4. The van der Waals surface area contributed by atoms with Crippen LogP contribution in [0.15, 0.2) is 36.4 Å². The van der Waals surface area contributed by atoms with Crippen molar-refractivity contribution in [2.45, 2.75) is 19.3 Å². The van der Waals surface area contributed by atoms with Crippen molar-refractivity contribution in [3.8, 4) is 11.5 Å². The maximum atomic E-state index is 12.3. The zero-order valence-electron chi connectivity index (χ0n) is 13.7. The van der Waals surface area contributed by atoms with Crippen molar-refractivity contribution >= 4 is 34.8 Å². The molecular weight excluding hydrogens is 349 g/mol. The van der Waals surface area contributed by atoms with Gasteiger partial charge in [-0.15, -0.1) is 0 Å². The van der Waals surface area contributed by atoms with Crippen LogP contribution in [-0.2, 0) is 4.79 Å². The number of methoxy groups -OCH3 is 2. The minimum absolute atomic E-state index is 0.0306. The van der Waals surface area contributed by atoms with E-state index in [-0.39, 0.29) is 11.8 Å². The van der Waals surface area contributed by atoms with Gasteiger partial charge in [0.25, 0.3) is 0 Å². The number of ether oxygens (including phenoxy) is 2. The Morgan fingerprint density at radius 3 is 2.50 bits per heavy atom. The molecule has 0 saturated carbocycles. The van der Waals surface area contributed by atoms with E-state index in [2.05, 4.69) is 5.32 Å². The molecule has 2 rings (SSSR count). The fourth-order valence-electron chi connectivity index (χ4n) is 2.41. The van der Waals surface area contributed by atoms with Crippen molar-refractivity contribution in [1.29, 1.82) is 0 Å². The van der Waals surface area contributed by atoms with E-state index in [1.807, 2.05) is 19.1 Å². The van der Waals surface area contributed by atoms with Crippen LogP contribution in [0.3, 0.4) is 0 Å². The molecule has 0 aromatic heterocycles. The monoisotopic (exact) mass is 367 g/mol. The summed E-state index contributed by atoms with van der Waals surface area (Å²) in [4.78, 5) is 12.3. The number of anilines is 1. The van der Waals surface area contributed by atoms with E-state index in [1.165, 1.54) is 0 Å². The Morgan fingerprint density at radius 1 is 1.12 bits per heavy atom. The third-order valence-electron chi connectivity index (χ3n) is 3.67. The van der Waals surface area contributed by atoms with Gasteiger partial charge in [-0.1, -0.05) is 36.2 Å². The molecule has 0 bridgehead atoms. The van der Waals surface area contributed by atoms with Gasteiger partial charge in [-0.3, -0.25) is 4.79 Å². The summed E-state index contributed by atoms with van der Waals surface area (Å²) in [5.74, 6) is 1.24. The SMILES string of the molecule is COc1ccc(C(C)CC(=O)Nc2ccc(Cl)cc2Cl)c(OC)c1. The number of rotatable bonds is 6. The first-order valence-electron chi connectivity index (χ1n) is 7.41. The van der Waals surface area contributed by atoms with E-state index in [1.54, 1.807) is 38.5 Å². The molecule has 2 aromatic carbocycles. The molecule has 0 saturated heterocycles. The molecule has 0 aliphatic carbocycles. The third-order valence-corrected chi connectivity index (χ3v) is 4.22. The average molecular weight is 368 g/mol. The summed E-state index contributed by atoms with van der Waals surface area (Å²) in [6, 6.07) is 10.5. The van der Waals surface area contributed by atoms with Crippen molar-refractivity contribution in [2.75, 3.05) is 19.5 Å². The second kappa shape index (κ2) is 8.27. The molecule has 128 valence electrons. The van der Waals surface area contributed by atoms with Gasteiger partial charge in [-0.25, -0.2) is 0 Å². The van der Waals surface area contributed by atoms with Gasteiger partial charge in [0, 0.05) is 17.5 Å². The van der Waals surface area contributed by atoms with Gasteiger partial charge in [0.15, 0.2) is 0 Å². The Morgan fingerprint density at radius 2 is 1.88 bits per heavy atom. The zero-order valence-corrected chi connectivity index (χ0v) is 15.2. The minimum atomic E-state index is -0.135. The van der Waals surface area contributed by atoms with E-state index in [0.717, 1.165) is 5.56 Å². The van der Waals surface area contributed by atoms with E-state index in [0.29, 0.717) is 33.7 Å². The lowest BCUT2D eigenvalue weighted by molar-refractivity contribution is -0.116. The van der Waals surface area contributed by atoms with Crippen molar-refractivity contribution in [3.63, 3.8) is 0 Å². The zero-order chi connectivity index (χ0) is 17.7. The number of benzene rings is 2. The summed E-state index contributed by atoms with van der Waals surface area (Å²) in [5.41, 5.74) is 1.48. The molecule has 24 heavy (non-hydrogen) atoms. The molecule has 1 unspecified atom stereocenters. The van der Waals surface area contributed by atoms with Gasteiger partial charge in [-0.2, -0.15) is 0 Å². The molecule has 0 aliphatic heterocycles. The Hall–Kier alpha value is -1.91. The molecule has 0 aliphatic rings. The van der Waals surface area contributed by atoms with Gasteiger partial charge in [0.1, 0.15) is 11.5 Å². The van der Waals surface area contributed by atoms with Crippen LogP contribution in [0.5, 0.6) is 11.5 Å². The molecule has 0 spiro atoms. The van der Waals surface area contributed by atoms with Crippen molar-refractivity contribution in [1.82, 2.24) is 0 Å². The smallest absolute Gasteiger partial charge is 0.225 e. The highest BCUT2D eigenvalue weighted by Crippen LogP contribution is 2.33. The van der Waals surface area contributed by atoms with Crippen LogP contribution in [0, 0.1) is 0 Å². The van der Waals surface area contributed by atoms with Crippen LogP contribution in [0.4, 0.5) is 5.69 Å². The molecule has 1 N–H and O–H groups in total. The third kappa shape index (κ3) is 4.56. The average Bonchev–Trinajstić information content (AvgIpc) is 2.56. The number of amides is 1. The molecule has 6 heteroatoms. The van der Waals surface area contributed by atoms with Crippen LogP contribution in [0.25, 0.3) is 0 Å². The lowest BCUT2D eigenvalue weighted by Gasteiger charge is -2.16. The van der Waals surface area contributed by atoms with Crippen molar-refractivity contribution in [3.05, 3.63) is 52.0 Å². The summed E-state index contributed by atoms with van der Waals surface area (Å²) in [6.45, 7) is 1.97. The van der Waals surface area contributed by atoms with Crippen LogP contribution in [-0.4, -0.2) is 20.1 Å². The molecular formula is C18H19Cl2NO3. The van der Waals surface area contributed by atoms with Gasteiger partial charge < -0.3 is 14.8 Å². The Labute approximate surface area is 151 Å². The standard InChI is InChI=1S/C18H19Cl2NO3/c1-11(14-6-5-13(23-2)10-17(14)24-3)8-18(22)21-16-7-4-12(19)9-15(16)20/h4-7,9-11H,8H2,1-3H3,(H,21,22). The van der Waals surface area contributed by atoms with Gasteiger partial charge in [-0.05, 0) is 35.7 Å². The number of carbonyl (C=O) groups is 1. The van der Waals surface area contributed by atoms with Gasteiger partial charge >= 0.3 is 0 Å². The van der Waals surface area contributed by atoms with Crippen molar-refractivity contribution in [2.24, 2.45) is 0 Å². The fraction of sp³-hybridized carbons (Fsp3) is 0.278. The second-order valence-corrected chi connectivity index (χ2v) is 6.23. The maximum absolute atomic E-state index is 12.3. The van der Waals surface area contributed by atoms with Gasteiger partial charge in [0.05, 0.1) is 24.9 Å². The maximum Gasteiger partial charge on any atom is 0.225 e. The first kappa shape index (κ1) is 18.4. The summed E-state index contributed by atoms with van der Waals surface area (Å²) in [6.07, 6.45) is 0.293. The molecule has 4 nitrogen and oxygen atoms in total. The van der Waals surface area contributed by atoms with E-state index < -0.39 is 0 Å². The van der Waals surface area contributed by atoms with Crippen LogP contribution < -0.4 is 14.8 Å². The lowest BCUT2D eigenvalue weighted by atomic mass is 9.96. The highest BCUT2D eigenvalue weighted by atomic mass is 35.5. The number of halogens is 2. The fourth-order valence-corrected chi connectivity index (χ4v) is 2.86. The molecule has 1 amide bonds. The number of nitrogens with one attached hydrogen (secondary N) is 1. The topological polar surface area (TPSA) is 47.6 Å². The van der Waals surface area contributed by atoms with Crippen LogP contribution >= 0.6 is 23.2 Å². The quantitative estimate of drug-likeness (QED) is 0.768. The van der Waals surface area contributed by atoms with Gasteiger partial charge in [0.2, 0.25) is 5.91 Å². The van der Waals surface area contributed by atoms with Crippen LogP contribution in [0.2, 0.25) is 10.0 Å².